The number of amides is 1. The van der Waals surface area contributed by atoms with Gasteiger partial charge < -0.3 is 9.73 Å². The van der Waals surface area contributed by atoms with Crippen LogP contribution in [0.1, 0.15) is 12.2 Å². The predicted molar refractivity (Wildman–Crippen MR) is 104 cm³/mol. The molecule has 0 saturated heterocycles. The molecule has 27 heavy (non-hydrogen) atoms. The Kier molecular flexibility index (Phi) is 5.83. The van der Waals surface area contributed by atoms with E-state index in [9.17, 15) is 13.2 Å². The first-order chi connectivity index (χ1) is 12.9. The number of hydrogen-bond donors (Lipinski definition) is 2. The molecule has 6 nitrogen and oxygen atoms in total. The molecule has 0 unspecified atom stereocenters. The van der Waals surface area contributed by atoms with Crippen molar-refractivity contribution in [3.8, 4) is 0 Å². The molecule has 0 aliphatic heterocycles. The molecular formula is C19H17ClN2O4S. The maximum atomic E-state index is 12.4. The van der Waals surface area contributed by atoms with Crippen LogP contribution in [0.3, 0.4) is 0 Å². The highest BCUT2D eigenvalue weighted by Gasteiger charge is 2.14. The van der Waals surface area contributed by atoms with Crippen molar-refractivity contribution in [1.82, 2.24) is 0 Å². The van der Waals surface area contributed by atoms with Gasteiger partial charge in [0.25, 0.3) is 10.0 Å². The van der Waals surface area contributed by atoms with Crippen LogP contribution in [-0.4, -0.2) is 14.3 Å². The molecule has 0 spiro atoms. The largest absolute Gasteiger partial charge is 0.469 e. The highest BCUT2D eigenvalue weighted by Crippen LogP contribution is 2.21. The maximum Gasteiger partial charge on any atom is 0.261 e. The first-order valence-corrected chi connectivity index (χ1v) is 9.99. The fraction of sp³-hybridized carbons (Fsp3) is 0.105. The molecule has 1 heterocycles. The number of halogens is 1. The van der Waals surface area contributed by atoms with E-state index in [0.29, 0.717) is 22.8 Å². The third-order valence-corrected chi connectivity index (χ3v) is 5.35. The van der Waals surface area contributed by atoms with E-state index in [1.165, 1.54) is 24.3 Å². The molecule has 8 heteroatoms. The predicted octanol–water partition coefficient (Wildman–Crippen LogP) is 4.31. The second-order valence-corrected chi connectivity index (χ2v) is 7.89. The minimum absolute atomic E-state index is 0.0970. The molecule has 0 bridgehead atoms. The summed E-state index contributed by atoms with van der Waals surface area (Å²) in [7, 11) is -3.75. The standard InChI is InChI=1S/C19H17ClN2O4S/c20-14-6-9-18(10-7-14)27(24,25)22-16-4-1-3-15(13-16)21-19(23)11-8-17-5-2-12-26-17/h1-7,9-10,12-13,22H,8,11H2,(H,21,23). The minimum Gasteiger partial charge on any atom is -0.469 e. The number of carbonyl (C=O) groups excluding carboxylic acids is 1. The smallest absolute Gasteiger partial charge is 0.261 e. The molecule has 3 aromatic rings. The van der Waals surface area contributed by atoms with E-state index in [1.807, 2.05) is 0 Å². The Labute approximate surface area is 162 Å². The molecular weight excluding hydrogens is 388 g/mol. The molecule has 1 amide bonds. The Bertz CT molecular complexity index is 1020. The number of carbonyl (C=O) groups is 1. The summed E-state index contributed by atoms with van der Waals surface area (Å²) in [5, 5.41) is 3.20. The molecule has 0 atom stereocenters. The van der Waals surface area contributed by atoms with Gasteiger partial charge in [0, 0.05) is 23.6 Å². The van der Waals surface area contributed by atoms with E-state index < -0.39 is 10.0 Å². The Balaban J connectivity index is 1.64. The SMILES string of the molecule is O=C(CCc1ccco1)Nc1cccc(NS(=O)(=O)c2ccc(Cl)cc2)c1. The summed E-state index contributed by atoms with van der Waals surface area (Å²) < 4.78 is 32.5. The summed E-state index contributed by atoms with van der Waals surface area (Å²) in [5.41, 5.74) is 0.838. The lowest BCUT2D eigenvalue weighted by molar-refractivity contribution is -0.116. The minimum atomic E-state index is -3.75. The third-order valence-electron chi connectivity index (χ3n) is 3.70. The molecule has 0 fully saturated rings. The first-order valence-electron chi connectivity index (χ1n) is 8.13. The van der Waals surface area contributed by atoms with Gasteiger partial charge in [-0.05, 0) is 54.6 Å². The van der Waals surface area contributed by atoms with Gasteiger partial charge in [-0.3, -0.25) is 9.52 Å². The summed E-state index contributed by atoms with van der Waals surface area (Å²) in [6.45, 7) is 0. The lowest BCUT2D eigenvalue weighted by Crippen LogP contribution is -2.14. The fourth-order valence-electron chi connectivity index (χ4n) is 2.40. The highest BCUT2D eigenvalue weighted by atomic mass is 35.5. The average Bonchev–Trinajstić information content (AvgIpc) is 3.14. The van der Waals surface area contributed by atoms with Gasteiger partial charge in [0.1, 0.15) is 5.76 Å². The van der Waals surface area contributed by atoms with E-state index in [2.05, 4.69) is 10.0 Å². The normalized spacial score (nSPS) is 11.1. The quantitative estimate of drug-likeness (QED) is 0.614. The molecule has 3 rings (SSSR count). The van der Waals surface area contributed by atoms with Crippen molar-refractivity contribution in [2.75, 3.05) is 10.0 Å². The van der Waals surface area contributed by atoms with Crippen molar-refractivity contribution in [3.63, 3.8) is 0 Å². The molecule has 1 aromatic heterocycles. The fourth-order valence-corrected chi connectivity index (χ4v) is 3.58. The van der Waals surface area contributed by atoms with Crippen LogP contribution < -0.4 is 10.0 Å². The van der Waals surface area contributed by atoms with Crippen molar-refractivity contribution in [2.45, 2.75) is 17.7 Å². The number of furan rings is 1. The number of nitrogens with one attached hydrogen (secondary N) is 2. The summed E-state index contributed by atoms with van der Waals surface area (Å²) in [6, 6.07) is 15.9. The van der Waals surface area contributed by atoms with Gasteiger partial charge in [-0.15, -0.1) is 0 Å². The van der Waals surface area contributed by atoms with Gasteiger partial charge in [0.2, 0.25) is 5.91 Å². The molecule has 140 valence electrons. The van der Waals surface area contributed by atoms with Gasteiger partial charge in [0.05, 0.1) is 16.8 Å². The molecule has 0 radical (unpaired) electrons. The highest BCUT2D eigenvalue weighted by molar-refractivity contribution is 7.92. The van der Waals surface area contributed by atoms with Crippen LogP contribution in [0.4, 0.5) is 11.4 Å². The Hall–Kier alpha value is -2.77. The van der Waals surface area contributed by atoms with Crippen molar-refractivity contribution >= 4 is 38.9 Å². The Morgan fingerprint density at radius 2 is 1.74 bits per heavy atom. The van der Waals surface area contributed by atoms with Crippen LogP contribution in [0.15, 0.2) is 76.2 Å². The van der Waals surface area contributed by atoms with Crippen LogP contribution in [0, 0.1) is 0 Å². The maximum absolute atomic E-state index is 12.4. The van der Waals surface area contributed by atoms with Gasteiger partial charge >= 0.3 is 0 Å². The molecule has 2 aromatic carbocycles. The van der Waals surface area contributed by atoms with Crippen molar-refractivity contribution in [2.24, 2.45) is 0 Å². The number of hydrogen-bond acceptors (Lipinski definition) is 4. The van der Waals surface area contributed by atoms with Crippen LogP contribution in [0.5, 0.6) is 0 Å². The first kappa shape index (κ1) is 19.0. The van der Waals surface area contributed by atoms with Gasteiger partial charge in [-0.25, -0.2) is 8.42 Å². The molecule has 0 saturated carbocycles. The number of anilines is 2. The number of benzene rings is 2. The molecule has 0 aliphatic carbocycles. The topological polar surface area (TPSA) is 88.4 Å². The number of sulfonamides is 1. The van der Waals surface area contributed by atoms with Gasteiger partial charge in [0.15, 0.2) is 0 Å². The van der Waals surface area contributed by atoms with Gasteiger partial charge in [-0.2, -0.15) is 0 Å². The van der Waals surface area contributed by atoms with Crippen molar-refractivity contribution < 1.29 is 17.6 Å². The zero-order valence-corrected chi connectivity index (χ0v) is 15.8. The summed E-state index contributed by atoms with van der Waals surface area (Å²) in [5.74, 6) is 0.540. The van der Waals surface area contributed by atoms with E-state index in [1.54, 1.807) is 42.7 Å². The number of aryl methyl sites for hydroxylation is 1. The van der Waals surface area contributed by atoms with E-state index in [4.69, 9.17) is 16.0 Å². The zero-order chi connectivity index (χ0) is 19.3. The van der Waals surface area contributed by atoms with Crippen molar-refractivity contribution in [1.29, 1.82) is 0 Å². The van der Waals surface area contributed by atoms with Crippen LogP contribution in [0.2, 0.25) is 5.02 Å². The third kappa shape index (κ3) is 5.35. The second-order valence-electron chi connectivity index (χ2n) is 5.77. The van der Waals surface area contributed by atoms with E-state index in [-0.39, 0.29) is 17.2 Å². The zero-order valence-electron chi connectivity index (χ0n) is 14.2. The Morgan fingerprint density at radius 1 is 1.00 bits per heavy atom. The molecule has 0 aliphatic rings. The lowest BCUT2D eigenvalue weighted by atomic mass is 10.2. The van der Waals surface area contributed by atoms with Crippen LogP contribution >= 0.6 is 11.6 Å². The van der Waals surface area contributed by atoms with Crippen LogP contribution in [-0.2, 0) is 21.2 Å². The van der Waals surface area contributed by atoms with E-state index >= 15 is 0 Å². The van der Waals surface area contributed by atoms with Gasteiger partial charge in [-0.1, -0.05) is 17.7 Å². The molecule has 2 N–H and O–H groups in total. The summed E-state index contributed by atoms with van der Waals surface area (Å²) in [6.07, 6.45) is 2.31. The Morgan fingerprint density at radius 3 is 2.44 bits per heavy atom. The summed E-state index contributed by atoms with van der Waals surface area (Å²) in [4.78, 5) is 12.2. The average molecular weight is 405 g/mol. The van der Waals surface area contributed by atoms with Crippen LogP contribution in [0.25, 0.3) is 0 Å². The lowest BCUT2D eigenvalue weighted by Gasteiger charge is -2.10. The second kappa shape index (κ2) is 8.28. The van der Waals surface area contributed by atoms with Crippen molar-refractivity contribution in [3.05, 3.63) is 77.7 Å². The monoisotopic (exact) mass is 404 g/mol. The van der Waals surface area contributed by atoms with E-state index in [0.717, 1.165) is 5.76 Å². The number of rotatable bonds is 7. The summed E-state index contributed by atoms with van der Waals surface area (Å²) >= 11 is 5.79.